The summed E-state index contributed by atoms with van der Waals surface area (Å²) in [4.78, 5) is 4.19. The molecule has 0 spiro atoms. The van der Waals surface area contributed by atoms with Crippen LogP contribution in [-0.4, -0.2) is 4.98 Å². The summed E-state index contributed by atoms with van der Waals surface area (Å²) in [5, 5.41) is 10.2. The first kappa shape index (κ1) is 17.2. The molecular weight excluding hydrogens is 367 g/mol. The van der Waals surface area contributed by atoms with Crippen molar-refractivity contribution in [1.82, 2.24) is 4.98 Å². The number of nitrogens with zero attached hydrogens (tertiary/aromatic N) is 2. The molecule has 0 atom stereocenters. The number of nitriles is 1. The lowest BCUT2D eigenvalue weighted by molar-refractivity contribution is 0.509. The van der Waals surface area contributed by atoms with E-state index >= 15 is 0 Å². The molecule has 0 amide bonds. The summed E-state index contributed by atoms with van der Waals surface area (Å²) >= 11 is 12.1. The molecule has 3 nitrogen and oxygen atoms in total. The zero-order valence-electron chi connectivity index (χ0n) is 12.5. The van der Waals surface area contributed by atoms with E-state index < -0.39 is 11.6 Å². The van der Waals surface area contributed by atoms with Gasteiger partial charge in [0.2, 0.25) is 0 Å². The van der Waals surface area contributed by atoms with Crippen LogP contribution in [0.4, 0.5) is 14.6 Å². The summed E-state index contributed by atoms with van der Waals surface area (Å²) in [6.45, 7) is 0. The first-order chi connectivity index (χ1) is 11.9. The monoisotopic (exact) mass is 375 g/mol. The smallest absolute Gasteiger partial charge is 0.159 e. The number of halogens is 4. The molecule has 1 heterocycles. The minimum absolute atomic E-state index is 0.0363. The number of aromatic nitrogens is 1. The lowest BCUT2D eigenvalue weighted by atomic mass is 9.98. The molecule has 124 valence electrons. The van der Waals surface area contributed by atoms with Crippen molar-refractivity contribution in [2.45, 2.75) is 0 Å². The molecule has 0 fully saturated rings. The molecule has 0 bridgehead atoms. The highest BCUT2D eigenvalue weighted by Gasteiger charge is 2.16. The van der Waals surface area contributed by atoms with Gasteiger partial charge in [0.05, 0.1) is 10.7 Å². The van der Waals surface area contributed by atoms with Gasteiger partial charge in [0.15, 0.2) is 11.6 Å². The lowest BCUT2D eigenvalue weighted by Gasteiger charge is -2.11. The van der Waals surface area contributed by atoms with Gasteiger partial charge in [-0.15, -0.1) is 0 Å². The largest absolute Gasteiger partial charge is 0.383 e. The molecule has 0 saturated carbocycles. The van der Waals surface area contributed by atoms with Crippen LogP contribution in [0.1, 0.15) is 5.56 Å². The predicted octanol–water partition coefficient (Wildman–Crippen LogP) is 5.45. The topological polar surface area (TPSA) is 62.7 Å². The third kappa shape index (κ3) is 3.27. The molecule has 0 aliphatic carbocycles. The number of nitrogens with two attached hydrogens (primary N) is 1. The Kier molecular flexibility index (Phi) is 4.58. The molecular formula is C18H9Cl2F2N3. The van der Waals surface area contributed by atoms with E-state index in [1.165, 1.54) is 6.07 Å². The lowest BCUT2D eigenvalue weighted by Crippen LogP contribution is -2.00. The molecule has 0 aliphatic heterocycles. The second kappa shape index (κ2) is 6.67. The van der Waals surface area contributed by atoms with Crippen LogP contribution in [0.5, 0.6) is 0 Å². The zero-order valence-corrected chi connectivity index (χ0v) is 14.0. The zero-order chi connectivity index (χ0) is 18.1. The van der Waals surface area contributed by atoms with Crippen LogP contribution in [0.3, 0.4) is 0 Å². The van der Waals surface area contributed by atoms with E-state index in [1.54, 1.807) is 24.3 Å². The molecule has 0 radical (unpaired) electrons. The average Bonchev–Trinajstić information content (AvgIpc) is 2.56. The Morgan fingerprint density at radius 3 is 2.36 bits per heavy atom. The van der Waals surface area contributed by atoms with Gasteiger partial charge < -0.3 is 5.73 Å². The van der Waals surface area contributed by atoms with E-state index in [2.05, 4.69) is 4.98 Å². The summed E-state index contributed by atoms with van der Waals surface area (Å²) in [6, 6.07) is 11.7. The summed E-state index contributed by atoms with van der Waals surface area (Å²) < 4.78 is 26.8. The van der Waals surface area contributed by atoms with Crippen molar-refractivity contribution in [3.8, 4) is 28.5 Å². The maximum atomic E-state index is 13.6. The highest BCUT2D eigenvalue weighted by molar-refractivity contribution is 6.36. The van der Waals surface area contributed by atoms with E-state index in [0.29, 0.717) is 32.4 Å². The minimum Gasteiger partial charge on any atom is -0.383 e. The molecule has 0 unspecified atom stereocenters. The van der Waals surface area contributed by atoms with E-state index in [4.69, 9.17) is 28.9 Å². The van der Waals surface area contributed by atoms with Crippen molar-refractivity contribution >= 4 is 29.0 Å². The van der Waals surface area contributed by atoms with Crippen LogP contribution in [0.2, 0.25) is 10.0 Å². The minimum atomic E-state index is -1.03. The predicted molar refractivity (Wildman–Crippen MR) is 94.2 cm³/mol. The Hall–Kier alpha value is -2.68. The highest BCUT2D eigenvalue weighted by atomic mass is 35.5. The molecule has 0 saturated heterocycles. The molecule has 3 rings (SSSR count). The normalized spacial score (nSPS) is 10.5. The van der Waals surface area contributed by atoms with E-state index in [9.17, 15) is 14.0 Å². The Morgan fingerprint density at radius 2 is 1.72 bits per heavy atom. The van der Waals surface area contributed by atoms with Crippen LogP contribution < -0.4 is 5.73 Å². The van der Waals surface area contributed by atoms with Gasteiger partial charge in [-0.3, -0.25) is 0 Å². The molecule has 2 aromatic carbocycles. The van der Waals surface area contributed by atoms with Gasteiger partial charge in [-0.05, 0) is 42.0 Å². The standard InChI is InChI=1S/C18H9Cl2F2N3/c19-10-2-3-11(14(20)6-10)17-7-12(13(8-23)18(24)25-17)9-1-4-15(21)16(22)5-9/h1-7H,(H2,24,25). The van der Waals surface area contributed by atoms with Gasteiger partial charge >= 0.3 is 0 Å². The fourth-order valence-corrected chi connectivity index (χ4v) is 2.91. The Bertz CT molecular complexity index is 1030. The van der Waals surface area contributed by atoms with Gasteiger partial charge in [-0.2, -0.15) is 5.26 Å². The van der Waals surface area contributed by atoms with Crippen LogP contribution in [-0.2, 0) is 0 Å². The van der Waals surface area contributed by atoms with Crippen molar-refractivity contribution in [2.24, 2.45) is 0 Å². The fraction of sp³-hybridized carbons (Fsp3) is 0. The quantitative estimate of drug-likeness (QED) is 0.647. The summed E-state index contributed by atoms with van der Waals surface area (Å²) in [5.41, 5.74) is 7.52. The van der Waals surface area contributed by atoms with Gasteiger partial charge in [0.1, 0.15) is 17.5 Å². The van der Waals surface area contributed by atoms with Crippen LogP contribution in [0.15, 0.2) is 42.5 Å². The Balaban J connectivity index is 2.26. The third-order valence-corrected chi connectivity index (χ3v) is 4.14. The fourth-order valence-electron chi connectivity index (χ4n) is 2.41. The van der Waals surface area contributed by atoms with Crippen LogP contribution in [0.25, 0.3) is 22.4 Å². The van der Waals surface area contributed by atoms with Crippen molar-refractivity contribution in [3.63, 3.8) is 0 Å². The van der Waals surface area contributed by atoms with Gasteiger partial charge in [0.25, 0.3) is 0 Å². The van der Waals surface area contributed by atoms with Gasteiger partial charge in [-0.25, -0.2) is 13.8 Å². The van der Waals surface area contributed by atoms with Gasteiger partial charge in [0, 0.05) is 16.1 Å². The average molecular weight is 376 g/mol. The van der Waals surface area contributed by atoms with Gasteiger partial charge in [-0.1, -0.05) is 29.3 Å². The van der Waals surface area contributed by atoms with E-state index in [1.807, 2.05) is 6.07 Å². The molecule has 0 aliphatic rings. The van der Waals surface area contributed by atoms with Crippen LogP contribution >= 0.6 is 23.2 Å². The van der Waals surface area contributed by atoms with Crippen molar-refractivity contribution in [2.75, 3.05) is 5.73 Å². The first-order valence-corrected chi connectivity index (χ1v) is 7.77. The molecule has 3 aromatic rings. The van der Waals surface area contributed by atoms with Crippen molar-refractivity contribution in [3.05, 3.63) is 69.7 Å². The number of benzene rings is 2. The SMILES string of the molecule is N#Cc1c(-c2ccc(F)c(F)c2)cc(-c2ccc(Cl)cc2Cl)nc1N. The number of nitrogen functional groups attached to an aromatic ring is 1. The van der Waals surface area contributed by atoms with Crippen molar-refractivity contribution < 1.29 is 8.78 Å². The van der Waals surface area contributed by atoms with Crippen LogP contribution in [0, 0.1) is 23.0 Å². The van der Waals surface area contributed by atoms with E-state index in [-0.39, 0.29) is 11.4 Å². The number of hydrogen-bond acceptors (Lipinski definition) is 3. The third-order valence-electron chi connectivity index (χ3n) is 3.60. The summed E-state index contributed by atoms with van der Waals surface area (Å²) in [7, 11) is 0. The number of rotatable bonds is 2. The molecule has 1 aromatic heterocycles. The second-order valence-electron chi connectivity index (χ2n) is 5.18. The second-order valence-corrected chi connectivity index (χ2v) is 6.02. The molecule has 7 heteroatoms. The Morgan fingerprint density at radius 1 is 0.960 bits per heavy atom. The molecule has 2 N–H and O–H groups in total. The number of hydrogen-bond donors (Lipinski definition) is 1. The number of anilines is 1. The Labute approximate surface area is 152 Å². The van der Waals surface area contributed by atoms with E-state index in [0.717, 1.165) is 12.1 Å². The first-order valence-electron chi connectivity index (χ1n) is 7.02. The maximum Gasteiger partial charge on any atom is 0.159 e. The summed E-state index contributed by atoms with van der Waals surface area (Å²) in [5.74, 6) is -2.04. The summed E-state index contributed by atoms with van der Waals surface area (Å²) in [6.07, 6.45) is 0. The number of pyridine rings is 1. The molecule has 25 heavy (non-hydrogen) atoms. The maximum absolute atomic E-state index is 13.6. The van der Waals surface area contributed by atoms with Crippen molar-refractivity contribution in [1.29, 1.82) is 5.26 Å². The highest BCUT2D eigenvalue weighted by Crippen LogP contribution is 2.35.